The maximum atomic E-state index is 13.5. The summed E-state index contributed by atoms with van der Waals surface area (Å²) in [4.78, 5) is 11.0. The van der Waals surface area contributed by atoms with Crippen LogP contribution in [0.15, 0.2) is 42.9 Å². The van der Waals surface area contributed by atoms with Gasteiger partial charge in [-0.1, -0.05) is 12.1 Å². The lowest BCUT2D eigenvalue weighted by molar-refractivity contribution is 0.186. The Balaban J connectivity index is 1.43. The highest BCUT2D eigenvalue weighted by Crippen LogP contribution is 2.25. The second-order valence-electron chi connectivity index (χ2n) is 5.90. The number of hydrogen-bond acceptors (Lipinski definition) is 4. The zero-order chi connectivity index (χ0) is 15.9. The van der Waals surface area contributed by atoms with E-state index in [0.717, 1.165) is 31.7 Å². The molecule has 0 radical (unpaired) electrons. The van der Waals surface area contributed by atoms with Gasteiger partial charge < -0.3 is 9.64 Å². The van der Waals surface area contributed by atoms with E-state index in [2.05, 4.69) is 14.9 Å². The van der Waals surface area contributed by atoms with E-state index < -0.39 is 0 Å². The summed E-state index contributed by atoms with van der Waals surface area (Å²) in [7, 11) is 0. The van der Waals surface area contributed by atoms with E-state index in [9.17, 15) is 4.39 Å². The lowest BCUT2D eigenvalue weighted by Crippen LogP contribution is -2.35. The van der Waals surface area contributed by atoms with Gasteiger partial charge in [-0.15, -0.1) is 0 Å². The highest BCUT2D eigenvalue weighted by atomic mass is 19.1. The van der Waals surface area contributed by atoms with Crippen molar-refractivity contribution in [3.05, 3.63) is 54.4 Å². The summed E-state index contributed by atoms with van der Waals surface area (Å²) >= 11 is 0. The van der Waals surface area contributed by atoms with Crippen LogP contribution in [0, 0.1) is 5.82 Å². The molecule has 1 aromatic carbocycles. The third-order valence-electron chi connectivity index (χ3n) is 4.22. The Labute approximate surface area is 136 Å². The van der Waals surface area contributed by atoms with Crippen LogP contribution in [0.4, 0.5) is 4.39 Å². The monoisotopic (exact) mass is 315 g/mol. The van der Waals surface area contributed by atoms with Gasteiger partial charge in [-0.25, -0.2) is 4.39 Å². The Kier molecular flexibility index (Phi) is 5.53. The molecule has 0 bridgehead atoms. The number of halogens is 1. The second-order valence-corrected chi connectivity index (χ2v) is 5.90. The molecule has 0 spiro atoms. The normalized spacial score (nSPS) is 18.7. The molecular formula is C18H22FN3O. The van der Waals surface area contributed by atoms with Gasteiger partial charge >= 0.3 is 0 Å². The predicted molar refractivity (Wildman–Crippen MR) is 87.0 cm³/mol. The number of aromatic nitrogens is 2. The number of hydrogen-bond donors (Lipinski definition) is 0. The molecule has 0 N–H and O–H groups in total. The average molecular weight is 315 g/mol. The molecule has 1 fully saturated rings. The first-order valence-electron chi connectivity index (χ1n) is 8.18. The number of rotatable bonds is 6. The Morgan fingerprint density at radius 3 is 3.00 bits per heavy atom. The Morgan fingerprint density at radius 1 is 1.26 bits per heavy atom. The van der Waals surface area contributed by atoms with Crippen molar-refractivity contribution < 1.29 is 9.13 Å². The van der Waals surface area contributed by atoms with Gasteiger partial charge in [-0.2, -0.15) is 0 Å². The number of benzene rings is 1. The SMILES string of the molecule is Fc1ccccc1OCCCN1CCC[C@@H](c2cnccn2)C1. The summed E-state index contributed by atoms with van der Waals surface area (Å²) in [6, 6.07) is 6.54. The maximum Gasteiger partial charge on any atom is 0.165 e. The second kappa shape index (κ2) is 8.02. The van der Waals surface area contributed by atoms with Gasteiger partial charge in [0.15, 0.2) is 11.6 Å². The highest BCUT2D eigenvalue weighted by Gasteiger charge is 2.22. The fraction of sp³-hybridized carbons (Fsp3) is 0.444. The molecule has 0 unspecified atom stereocenters. The summed E-state index contributed by atoms with van der Waals surface area (Å²) < 4.78 is 19.0. The molecule has 4 nitrogen and oxygen atoms in total. The first kappa shape index (κ1) is 15.9. The van der Waals surface area contributed by atoms with Crippen LogP contribution < -0.4 is 4.74 Å². The average Bonchev–Trinajstić information content (AvgIpc) is 2.61. The van der Waals surface area contributed by atoms with Crippen LogP contribution >= 0.6 is 0 Å². The van der Waals surface area contributed by atoms with Crippen LogP contribution in [0.3, 0.4) is 0 Å². The van der Waals surface area contributed by atoms with Crippen molar-refractivity contribution >= 4 is 0 Å². The van der Waals surface area contributed by atoms with Crippen LogP contribution in [0.1, 0.15) is 30.9 Å². The maximum absolute atomic E-state index is 13.5. The summed E-state index contributed by atoms with van der Waals surface area (Å²) in [6.45, 7) is 3.62. The summed E-state index contributed by atoms with van der Waals surface area (Å²) in [5.41, 5.74) is 1.08. The third-order valence-corrected chi connectivity index (χ3v) is 4.22. The van der Waals surface area contributed by atoms with E-state index in [-0.39, 0.29) is 5.82 Å². The predicted octanol–water partition coefficient (Wildman–Crippen LogP) is 3.26. The third kappa shape index (κ3) is 4.48. The van der Waals surface area contributed by atoms with E-state index >= 15 is 0 Å². The number of nitrogens with zero attached hydrogens (tertiary/aromatic N) is 3. The zero-order valence-electron chi connectivity index (χ0n) is 13.2. The highest BCUT2D eigenvalue weighted by molar-refractivity contribution is 5.23. The molecule has 122 valence electrons. The molecule has 1 aliphatic rings. The Morgan fingerprint density at radius 2 is 2.17 bits per heavy atom. The van der Waals surface area contributed by atoms with Crippen molar-refractivity contribution in [2.45, 2.75) is 25.2 Å². The van der Waals surface area contributed by atoms with Gasteiger partial charge in [0.1, 0.15) is 0 Å². The van der Waals surface area contributed by atoms with Crippen molar-refractivity contribution in [2.24, 2.45) is 0 Å². The topological polar surface area (TPSA) is 38.2 Å². The molecule has 3 rings (SSSR count). The van der Waals surface area contributed by atoms with Crippen LogP contribution in [0.2, 0.25) is 0 Å². The number of ether oxygens (including phenoxy) is 1. The van der Waals surface area contributed by atoms with Crippen molar-refractivity contribution in [1.82, 2.24) is 14.9 Å². The largest absolute Gasteiger partial charge is 0.490 e. The molecule has 1 atom stereocenters. The first-order valence-corrected chi connectivity index (χ1v) is 8.18. The van der Waals surface area contributed by atoms with Crippen LogP contribution in [0.25, 0.3) is 0 Å². The quantitative estimate of drug-likeness (QED) is 0.767. The summed E-state index contributed by atoms with van der Waals surface area (Å²) in [6.07, 6.45) is 8.58. The lowest BCUT2D eigenvalue weighted by atomic mass is 9.95. The van der Waals surface area contributed by atoms with E-state index in [1.165, 1.54) is 18.9 Å². The van der Waals surface area contributed by atoms with Gasteiger partial charge in [0.05, 0.1) is 12.3 Å². The summed E-state index contributed by atoms with van der Waals surface area (Å²) in [5, 5.41) is 0. The molecule has 23 heavy (non-hydrogen) atoms. The fourth-order valence-corrected chi connectivity index (χ4v) is 3.05. The molecule has 0 aliphatic carbocycles. The molecule has 0 amide bonds. The summed E-state index contributed by atoms with van der Waals surface area (Å²) in [5.74, 6) is 0.502. The molecule has 1 aromatic heterocycles. The molecule has 5 heteroatoms. The number of likely N-dealkylation sites (tertiary alicyclic amines) is 1. The Bertz CT molecular complexity index is 608. The van der Waals surface area contributed by atoms with E-state index in [1.54, 1.807) is 30.6 Å². The molecule has 2 aromatic rings. The van der Waals surface area contributed by atoms with Crippen LogP contribution in [-0.2, 0) is 0 Å². The first-order chi connectivity index (χ1) is 11.3. The van der Waals surface area contributed by atoms with Crippen molar-refractivity contribution in [2.75, 3.05) is 26.2 Å². The molecule has 1 aliphatic heterocycles. The number of para-hydroxylation sites is 1. The van der Waals surface area contributed by atoms with E-state index in [0.29, 0.717) is 18.3 Å². The van der Waals surface area contributed by atoms with Crippen molar-refractivity contribution in [3.8, 4) is 5.75 Å². The van der Waals surface area contributed by atoms with E-state index in [1.807, 2.05) is 6.20 Å². The standard InChI is InChI=1S/C18H22FN3O/c19-16-6-1-2-7-18(16)23-12-4-11-22-10-3-5-15(14-22)17-13-20-8-9-21-17/h1-2,6-9,13,15H,3-5,10-12,14H2/t15-/m1/s1. The Hall–Kier alpha value is -2.01. The molecule has 2 heterocycles. The van der Waals surface area contributed by atoms with Gasteiger partial charge in [-0.3, -0.25) is 9.97 Å². The number of piperidine rings is 1. The van der Waals surface area contributed by atoms with Crippen LogP contribution in [0.5, 0.6) is 5.75 Å². The molecular weight excluding hydrogens is 293 g/mol. The minimum absolute atomic E-state index is 0.298. The van der Waals surface area contributed by atoms with Gasteiger partial charge in [0, 0.05) is 37.6 Å². The van der Waals surface area contributed by atoms with Crippen molar-refractivity contribution in [1.29, 1.82) is 0 Å². The fourth-order valence-electron chi connectivity index (χ4n) is 3.05. The minimum Gasteiger partial charge on any atom is -0.490 e. The zero-order valence-corrected chi connectivity index (χ0v) is 13.2. The molecule has 1 saturated heterocycles. The minimum atomic E-state index is -0.298. The van der Waals surface area contributed by atoms with Gasteiger partial charge in [0.25, 0.3) is 0 Å². The van der Waals surface area contributed by atoms with Gasteiger partial charge in [0.2, 0.25) is 0 Å². The van der Waals surface area contributed by atoms with Crippen LogP contribution in [-0.4, -0.2) is 41.1 Å². The smallest absolute Gasteiger partial charge is 0.165 e. The van der Waals surface area contributed by atoms with E-state index in [4.69, 9.17) is 4.74 Å². The van der Waals surface area contributed by atoms with Crippen molar-refractivity contribution in [3.63, 3.8) is 0 Å². The lowest BCUT2D eigenvalue weighted by Gasteiger charge is -2.32. The van der Waals surface area contributed by atoms with Gasteiger partial charge in [-0.05, 0) is 37.9 Å². The molecule has 0 saturated carbocycles.